The van der Waals surface area contributed by atoms with Crippen LogP contribution < -0.4 is 15.4 Å². The molecule has 0 aliphatic heterocycles. The number of aryl methyl sites for hydroxylation is 1. The summed E-state index contributed by atoms with van der Waals surface area (Å²) in [6, 6.07) is 15.7. The Morgan fingerprint density at radius 1 is 0.885 bits per heavy atom. The lowest BCUT2D eigenvalue weighted by molar-refractivity contribution is 0.242. The van der Waals surface area contributed by atoms with E-state index < -0.39 is 0 Å². The van der Waals surface area contributed by atoms with E-state index in [0.29, 0.717) is 23.1 Å². The summed E-state index contributed by atoms with van der Waals surface area (Å²) in [5.74, 6) is 2.36. The molecule has 2 N–H and O–H groups in total. The SMILES string of the molecule is Cc1nc(Nc2ccc(OC(C)C)cc2)cc(Nc2cccc(F)c2)n1. The molecule has 0 atom stereocenters. The molecule has 0 saturated heterocycles. The summed E-state index contributed by atoms with van der Waals surface area (Å²) in [7, 11) is 0. The third-order valence-electron chi connectivity index (χ3n) is 3.43. The number of hydrogen-bond donors (Lipinski definition) is 2. The van der Waals surface area contributed by atoms with Gasteiger partial charge in [-0.2, -0.15) is 0 Å². The van der Waals surface area contributed by atoms with Gasteiger partial charge in [-0.1, -0.05) is 6.07 Å². The topological polar surface area (TPSA) is 59.1 Å². The number of aromatic nitrogens is 2. The van der Waals surface area contributed by atoms with Gasteiger partial charge in [0.1, 0.15) is 29.0 Å². The van der Waals surface area contributed by atoms with Crippen LogP contribution in [0.2, 0.25) is 0 Å². The number of anilines is 4. The predicted octanol–water partition coefficient (Wildman–Crippen LogP) is 5.20. The number of benzene rings is 2. The number of hydrogen-bond acceptors (Lipinski definition) is 5. The molecular weight excluding hydrogens is 331 g/mol. The second-order valence-electron chi connectivity index (χ2n) is 6.14. The monoisotopic (exact) mass is 352 g/mol. The molecule has 1 aromatic heterocycles. The average Bonchev–Trinajstić information content (AvgIpc) is 2.56. The minimum atomic E-state index is -0.303. The molecule has 0 bridgehead atoms. The van der Waals surface area contributed by atoms with E-state index >= 15 is 0 Å². The van der Waals surface area contributed by atoms with Gasteiger partial charge >= 0.3 is 0 Å². The molecule has 0 fully saturated rings. The van der Waals surface area contributed by atoms with Gasteiger partial charge in [-0.15, -0.1) is 0 Å². The van der Waals surface area contributed by atoms with Gasteiger partial charge in [0.05, 0.1) is 6.10 Å². The Kier molecular flexibility index (Phi) is 5.31. The summed E-state index contributed by atoms with van der Waals surface area (Å²) >= 11 is 0. The lowest BCUT2D eigenvalue weighted by Crippen LogP contribution is -2.05. The highest BCUT2D eigenvalue weighted by molar-refractivity contribution is 5.63. The van der Waals surface area contributed by atoms with Crippen molar-refractivity contribution in [2.24, 2.45) is 0 Å². The molecule has 0 spiro atoms. The van der Waals surface area contributed by atoms with Crippen LogP contribution in [0.5, 0.6) is 5.75 Å². The van der Waals surface area contributed by atoms with Crippen LogP contribution >= 0.6 is 0 Å². The van der Waals surface area contributed by atoms with Crippen molar-refractivity contribution in [1.29, 1.82) is 0 Å². The maximum absolute atomic E-state index is 13.3. The second kappa shape index (κ2) is 7.82. The molecule has 134 valence electrons. The highest BCUT2D eigenvalue weighted by Crippen LogP contribution is 2.23. The van der Waals surface area contributed by atoms with E-state index in [1.54, 1.807) is 18.2 Å². The van der Waals surface area contributed by atoms with E-state index in [2.05, 4.69) is 20.6 Å². The van der Waals surface area contributed by atoms with Crippen LogP contribution in [0.1, 0.15) is 19.7 Å². The predicted molar refractivity (Wildman–Crippen MR) is 102 cm³/mol. The maximum Gasteiger partial charge on any atom is 0.136 e. The van der Waals surface area contributed by atoms with Crippen molar-refractivity contribution < 1.29 is 9.13 Å². The molecule has 6 heteroatoms. The van der Waals surface area contributed by atoms with Gasteiger partial charge in [-0.25, -0.2) is 14.4 Å². The fourth-order valence-corrected chi connectivity index (χ4v) is 2.45. The summed E-state index contributed by atoms with van der Waals surface area (Å²) in [6.45, 7) is 5.79. The molecule has 0 saturated carbocycles. The van der Waals surface area contributed by atoms with Crippen LogP contribution in [0.3, 0.4) is 0 Å². The van der Waals surface area contributed by atoms with Gasteiger partial charge in [0, 0.05) is 17.4 Å². The molecule has 1 heterocycles. The molecule has 26 heavy (non-hydrogen) atoms. The quantitative estimate of drug-likeness (QED) is 0.639. The molecule has 0 radical (unpaired) electrons. The van der Waals surface area contributed by atoms with Crippen LogP contribution in [0, 0.1) is 12.7 Å². The lowest BCUT2D eigenvalue weighted by Gasteiger charge is -2.12. The zero-order chi connectivity index (χ0) is 18.5. The van der Waals surface area contributed by atoms with Gasteiger partial charge in [0.15, 0.2) is 0 Å². The molecule has 3 rings (SSSR count). The van der Waals surface area contributed by atoms with E-state index in [-0.39, 0.29) is 11.9 Å². The van der Waals surface area contributed by atoms with Gasteiger partial charge in [0.2, 0.25) is 0 Å². The van der Waals surface area contributed by atoms with Crippen molar-refractivity contribution >= 4 is 23.0 Å². The zero-order valence-electron chi connectivity index (χ0n) is 15.0. The zero-order valence-corrected chi connectivity index (χ0v) is 15.0. The van der Waals surface area contributed by atoms with Crippen LogP contribution in [0.25, 0.3) is 0 Å². The highest BCUT2D eigenvalue weighted by Gasteiger charge is 2.05. The number of ether oxygens (including phenoxy) is 1. The Morgan fingerprint density at radius 2 is 1.54 bits per heavy atom. The van der Waals surface area contributed by atoms with Crippen molar-refractivity contribution in [2.75, 3.05) is 10.6 Å². The number of nitrogens with one attached hydrogen (secondary N) is 2. The van der Waals surface area contributed by atoms with Gasteiger partial charge in [0.25, 0.3) is 0 Å². The smallest absolute Gasteiger partial charge is 0.136 e. The fourth-order valence-electron chi connectivity index (χ4n) is 2.45. The largest absolute Gasteiger partial charge is 0.491 e. The molecule has 0 unspecified atom stereocenters. The van der Waals surface area contributed by atoms with Crippen molar-refractivity contribution in [3.05, 3.63) is 66.2 Å². The van der Waals surface area contributed by atoms with Crippen molar-refractivity contribution in [2.45, 2.75) is 26.9 Å². The highest BCUT2D eigenvalue weighted by atomic mass is 19.1. The molecular formula is C20H21FN4O. The van der Waals surface area contributed by atoms with Crippen LogP contribution in [0.15, 0.2) is 54.6 Å². The number of nitrogens with zero attached hydrogens (tertiary/aromatic N) is 2. The maximum atomic E-state index is 13.3. The summed E-state index contributed by atoms with van der Waals surface area (Å²) in [6.07, 6.45) is 0.134. The molecule has 3 aromatic rings. The Hall–Kier alpha value is -3.15. The normalized spacial score (nSPS) is 10.7. The van der Waals surface area contributed by atoms with Crippen molar-refractivity contribution in [1.82, 2.24) is 9.97 Å². The minimum absolute atomic E-state index is 0.134. The molecule has 5 nitrogen and oxygen atoms in total. The van der Waals surface area contributed by atoms with E-state index in [4.69, 9.17) is 4.74 Å². The molecule has 0 aliphatic carbocycles. The Labute approximate surface area is 152 Å². The van der Waals surface area contributed by atoms with E-state index in [9.17, 15) is 4.39 Å². The summed E-state index contributed by atoms with van der Waals surface area (Å²) in [4.78, 5) is 8.73. The Morgan fingerprint density at radius 3 is 2.15 bits per heavy atom. The number of rotatable bonds is 6. The molecule has 2 aromatic carbocycles. The van der Waals surface area contributed by atoms with Gasteiger partial charge < -0.3 is 15.4 Å². The Balaban J connectivity index is 1.75. The molecule has 0 amide bonds. The van der Waals surface area contributed by atoms with E-state index in [1.165, 1.54) is 12.1 Å². The average molecular weight is 352 g/mol. The second-order valence-corrected chi connectivity index (χ2v) is 6.14. The third-order valence-corrected chi connectivity index (χ3v) is 3.43. The first kappa shape index (κ1) is 17.7. The molecule has 0 aliphatic rings. The van der Waals surface area contributed by atoms with E-state index in [0.717, 1.165) is 11.4 Å². The first-order valence-electron chi connectivity index (χ1n) is 8.40. The van der Waals surface area contributed by atoms with Crippen molar-refractivity contribution in [3.8, 4) is 5.75 Å². The standard InChI is InChI=1S/C20H21FN4O/c1-13(2)26-18-9-7-16(8-10-18)24-19-12-20(23-14(3)22-19)25-17-6-4-5-15(21)11-17/h4-13H,1-3H3,(H2,22,23,24,25). The number of halogens is 1. The van der Waals surface area contributed by atoms with Crippen LogP contribution in [-0.2, 0) is 0 Å². The van der Waals surface area contributed by atoms with Crippen LogP contribution in [-0.4, -0.2) is 16.1 Å². The van der Waals surface area contributed by atoms with Gasteiger partial charge in [-0.3, -0.25) is 0 Å². The first-order valence-corrected chi connectivity index (χ1v) is 8.40. The fraction of sp³-hybridized carbons (Fsp3) is 0.200. The third kappa shape index (κ3) is 4.92. The Bertz CT molecular complexity index is 881. The van der Waals surface area contributed by atoms with Crippen LogP contribution in [0.4, 0.5) is 27.4 Å². The minimum Gasteiger partial charge on any atom is -0.491 e. The summed E-state index contributed by atoms with van der Waals surface area (Å²) < 4.78 is 19.0. The van der Waals surface area contributed by atoms with Crippen molar-refractivity contribution in [3.63, 3.8) is 0 Å². The summed E-state index contributed by atoms with van der Waals surface area (Å²) in [5.41, 5.74) is 1.51. The first-order chi connectivity index (χ1) is 12.5. The van der Waals surface area contributed by atoms with E-state index in [1.807, 2.05) is 45.0 Å². The lowest BCUT2D eigenvalue weighted by atomic mass is 10.3. The summed E-state index contributed by atoms with van der Waals surface area (Å²) in [5, 5.41) is 6.33. The van der Waals surface area contributed by atoms with Gasteiger partial charge in [-0.05, 0) is 63.2 Å².